The largest absolute Gasteiger partial charge is 0.507 e. The summed E-state index contributed by atoms with van der Waals surface area (Å²) in [5.74, 6) is 0.716. The molecule has 0 aliphatic rings. The zero-order valence-electron chi connectivity index (χ0n) is 14.6. The van der Waals surface area contributed by atoms with Crippen LogP contribution in [0.3, 0.4) is 0 Å². The lowest BCUT2D eigenvalue weighted by atomic mass is 10.1. The highest BCUT2D eigenvalue weighted by Crippen LogP contribution is 2.25. The minimum absolute atomic E-state index is 0.111. The minimum atomic E-state index is 0.111. The summed E-state index contributed by atoms with van der Waals surface area (Å²) in [6, 6.07) is 24.9. The van der Waals surface area contributed by atoms with Crippen LogP contribution in [-0.2, 0) is 18.1 Å². The zero-order valence-corrected chi connectivity index (χ0v) is 14.6. The van der Waals surface area contributed by atoms with E-state index in [2.05, 4.69) is 5.16 Å². The van der Waals surface area contributed by atoms with Crippen molar-refractivity contribution in [1.29, 1.82) is 0 Å². The van der Waals surface area contributed by atoms with Gasteiger partial charge in [0.2, 0.25) is 0 Å². The normalized spacial score (nSPS) is 11.2. The Kier molecular flexibility index (Phi) is 5.88. The van der Waals surface area contributed by atoms with Gasteiger partial charge in [-0.25, -0.2) is 0 Å². The second kappa shape index (κ2) is 8.72. The molecule has 0 aromatic heterocycles. The molecule has 1 N–H and O–H groups in total. The summed E-state index contributed by atoms with van der Waals surface area (Å²) in [7, 11) is 0. The lowest BCUT2D eigenvalue weighted by Crippen LogP contribution is -1.99. The molecule has 0 aliphatic carbocycles. The first kappa shape index (κ1) is 17.5. The third-order valence-electron chi connectivity index (χ3n) is 3.88. The summed E-state index contributed by atoms with van der Waals surface area (Å²) in [5, 5.41) is 14.3. The van der Waals surface area contributed by atoms with E-state index in [0.29, 0.717) is 30.2 Å². The van der Waals surface area contributed by atoms with E-state index in [1.165, 1.54) is 0 Å². The van der Waals surface area contributed by atoms with E-state index in [-0.39, 0.29) is 5.75 Å². The van der Waals surface area contributed by atoms with Gasteiger partial charge in [0.15, 0.2) is 0 Å². The molecule has 132 valence electrons. The molecule has 0 unspecified atom stereocenters. The molecule has 0 saturated carbocycles. The van der Waals surface area contributed by atoms with Crippen LogP contribution in [0.15, 0.2) is 84.0 Å². The Labute approximate surface area is 153 Å². The Morgan fingerprint density at radius 1 is 0.846 bits per heavy atom. The molecule has 0 bridgehead atoms. The number of phenolic OH excluding ortho intramolecular Hbond substituents is 1. The van der Waals surface area contributed by atoms with Crippen molar-refractivity contribution in [2.24, 2.45) is 5.16 Å². The average molecular weight is 347 g/mol. The van der Waals surface area contributed by atoms with Crippen molar-refractivity contribution in [3.63, 3.8) is 0 Å². The van der Waals surface area contributed by atoms with Crippen molar-refractivity contribution in [3.8, 4) is 11.5 Å². The fourth-order valence-electron chi connectivity index (χ4n) is 2.48. The highest BCUT2D eigenvalue weighted by atomic mass is 16.6. The van der Waals surface area contributed by atoms with Gasteiger partial charge in [-0.2, -0.15) is 0 Å². The first-order valence-corrected chi connectivity index (χ1v) is 8.43. The highest BCUT2D eigenvalue weighted by molar-refractivity contribution is 6.00. The monoisotopic (exact) mass is 347 g/mol. The standard InChI is InChI=1S/C22H21NO3/c1-17(23-26-16-19-10-6-3-7-11-19)21-13-12-20(14-22(21)24)25-15-18-8-4-2-5-9-18/h2-14,24H,15-16H2,1H3/b23-17-. The van der Waals surface area contributed by atoms with E-state index in [1.807, 2.05) is 66.7 Å². The van der Waals surface area contributed by atoms with Crippen molar-refractivity contribution in [2.45, 2.75) is 20.1 Å². The molecule has 0 spiro atoms. The lowest BCUT2D eigenvalue weighted by molar-refractivity contribution is 0.130. The van der Waals surface area contributed by atoms with Gasteiger partial charge in [-0.3, -0.25) is 0 Å². The van der Waals surface area contributed by atoms with E-state index in [9.17, 15) is 5.11 Å². The molecule has 0 saturated heterocycles. The smallest absolute Gasteiger partial charge is 0.142 e. The number of phenols is 1. The highest BCUT2D eigenvalue weighted by Gasteiger charge is 2.07. The van der Waals surface area contributed by atoms with Gasteiger partial charge in [-0.15, -0.1) is 0 Å². The molecule has 0 atom stereocenters. The molecular weight excluding hydrogens is 326 g/mol. The summed E-state index contributed by atoms with van der Waals surface area (Å²) >= 11 is 0. The van der Waals surface area contributed by atoms with Gasteiger partial charge in [-0.1, -0.05) is 65.8 Å². The number of benzene rings is 3. The van der Waals surface area contributed by atoms with Gasteiger partial charge in [0.25, 0.3) is 0 Å². The van der Waals surface area contributed by atoms with Gasteiger partial charge < -0.3 is 14.7 Å². The van der Waals surface area contributed by atoms with Crippen molar-refractivity contribution < 1.29 is 14.7 Å². The summed E-state index contributed by atoms with van der Waals surface area (Å²) in [6.07, 6.45) is 0. The van der Waals surface area contributed by atoms with E-state index in [4.69, 9.17) is 9.57 Å². The van der Waals surface area contributed by atoms with Gasteiger partial charge >= 0.3 is 0 Å². The molecule has 3 rings (SSSR count). The first-order chi connectivity index (χ1) is 12.7. The maximum atomic E-state index is 10.3. The molecule has 0 radical (unpaired) electrons. The van der Waals surface area contributed by atoms with Crippen LogP contribution in [0.25, 0.3) is 0 Å². The average Bonchev–Trinajstić information content (AvgIpc) is 2.68. The first-order valence-electron chi connectivity index (χ1n) is 8.43. The molecule has 26 heavy (non-hydrogen) atoms. The van der Waals surface area contributed by atoms with Crippen LogP contribution in [0.1, 0.15) is 23.6 Å². The van der Waals surface area contributed by atoms with Crippen molar-refractivity contribution in [1.82, 2.24) is 0 Å². The van der Waals surface area contributed by atoms with Crippen LogP contribution in [-0.4, -0.2) is 10.8 Å². The number of nitrogens with zero attached hydrogens (tertiary/aromatic N) is 1. The van der Waals surface area contributed by atoms with E-state index < -0.39 is 0 Å². The molecule has 3 aromatic rings. The Morgan fingerprint density at radius 2 is 1.46 bits per heavy atom. The third kappa shape index (κ3) is 4.86. The second-order valence-electron chi connectivity index (χ2n) is 5.89. The molecule has 4 nitrogen and oxygen atoms in total. The molecule has 0 heterocycles. The molecule has 3 aromatic carbocycles. The Balaban J connectivity index is 1.60. The fourth-order valence-corrected chi connectivity index (χ4v) is 2.48. The molecule has 0 fully saturated rings. The Morgan fingerprint density at radius 3 is 2.08 bits per heavy atom. The minimum Gasteiger partial charge on any atom is -0.507 e. The van der Waals surface area contributed by atoms with Crippen molar-refractivity contribution >= 4 is 5.71 Å². The molecule has 0 aliphatic heterocycles. The Hall–Kier alpha value is -3.27. The lowest BCUT2D eigenvalue weighted by Gasteiger charge is -2.09. The van der Waals surface area contributed by atoms with Gasteiger partial charge in [0, 0.05) is 11.6 Å². The second-order valence-corrected chi connectivity index (χ2v) is 5.89. The van der Waals surface area contributed by atoms with Gasteiger partial charge in [0.05, 0.1) is 5.71 Å². The number of hydrogen-bond donors (Lipinski definition) is 1. The van der Waals surface area contributed by atoms with Gasteiger partial charge in [-0.05, 0) is 30.2 Å². The number of rotatable bonds is 7. The zero-order chi connectivity index (χ0) is 18.2. The van der Waals surface area contributed by atoms with E-state index >= 15 is 0 Å². The summed E-state index contributed by atoms with van der Waals surface area (Å²) in [4.78, 5) is 5.37. The maximum absolute atomic E-state index is 10.3. The van der Waals surface area contributed by atoms with E-state index in [1.54, 1.807) is 19.1 Å². The molecule has 0 amide bonds. The number of oxime groups is 1. The van der Waals surface area contributed by atoms with Crippen molar-refractivity contribution in [3.05, 3.63) is 95.6 Å². The summed E-state index contributed by atoms with van der Waals surface area (Å²) in [6.45, 7) is 2.63. The maximum Gasteiger partial charge on any atom is 0.142 e. The SMILES string of the molecule is C/C(=N/OCc1ccccc1)c1ccc(OCc2ccccc2)cc1O. The van der Waals surface area contributed by atoms with Crippen LogP contribution < -0.4 is 4.74 Å². The van der Waals surface area contributed by atoms with Crippen LogP contribution in [0, 0.1) is 0 Å². The summed E-state index contributed by atoms with van der Waals surface area (Å²) in [5.41, 5.74) is 3.33. The topological polar surface area (TPSA) is 51.0 Å². The van der Waals surface area contributed by atoms with Crippen LogP contribution in [0.4, 0.5) is 0 Å². The predicted octanol–water partition coefficient (Wildman–Crippen LogP) is 4.91. The third-order valence-corrected chi connectivity index (χ3v) is 3.88. The van der Waals surface area contributed by atoms with E-state index in [0.717, 1.165) is 11.1 Å². The van der Waals surface area contributed by atoms with Crippen molar-refractivity contribution in [2.75, 3.05) is 0 Å². The predicted molar refractivity (Wildman–Crippen MR) is 102 cm³/mol. The van der Waals surface area contributed by atoms with Gasteiger partial charge in [0.1, 0.15) is 24.7 Å². The number of hydrogen-bond acceptors (Lipinski definition) is 4. The summed E-state index contributed by atoms with van der Waals surface area (Å²) < 4.78 is 5.72. The quantitative estimate of drug-likeness (QED) is 0.488. The Bertz CT molecular complexity index is 861. The molecule has 4 heteroatoms. The number of ether oxygens (including phenoxy) is 1. The fraction of sp³-hybridized carbons (Fsp3) is 0.136. The van der Waals surface area contributed by atoms with Crippen LogP contribution >= 0.6 is 0 Å². The number of aromatic hydroxyl groups is 1. The molecular formula is C22H21NO3. The van der Waals surface area contributed by atoms with Crippen LogP contribution in [0.2, 0.25) is 0 Å². The van der Waals surface area contributed by atoms with Crippen LogP contribution in [0.5, 0.6) is 11.5 Å².